The third-order valence-electron chi connectivity index (χ3n) is 6.54. The summed E-state index contributed by atoms with van der Waals surface area (Å²) in [4.78, 5) is 15.2. The number of rotatable bonds is 6. The molecule has 2 aliphatic heterocycles. The highest BCUT2D eigenvalue weighted by Crippen LogP contribution is 2.49. The number of hydrogen-bond acceptors (Lipinski definition) is 7. The summed E-state index contributed by atoms with van der Waals surface area (Å²) in [5.41, 5.74) is 0.818. The lowest BCUT2D eigenvalue weighted by Crippen LogP contribution is -2.37. The molecule has 1 spiro atoms. The monoisotopic (exact) mass is 429 g/mol. The van der Waals surface area contributed by atoms with Crippen molar-refractivity contribution >= 4 is 5.91 Å². The lowest BCUT2D eigenvalue weighted by Gasteiger charge is -2.36. The first kappa shape index (κ1) is 21.6. The van der Waals surface area contributed by atoms with Crippen LogP contribution < -0.4 is 9.47 Å². The van der Waals surface area contributed by atoms with Crippen LogP contribution in [-0.2, 0) is 16.0 Å². The van der Waals surface area contributed by atoms with Crippen molar-refractivity contribution in [1.82, 2.24) is 15.1 Å². The van der Waals surface area contributed by atoms with Crippen LogP contribution in [0.5, 0.6) is 11.5 Å². The Labute approximate surface area is 182 Å². The van der Waals surface area contributed by atoms with Crippen molar-refractivity contribution in [3.63, 3.8) is 0 Å². The molecule has 0 bridgehead atoms. The summed E-state index contributed by atoms with van der Waals surface area (Å²) in [6.07, 6.45) is 2.08. The second-order valence-corrected chi connectivity index (χ2v) is 8.80. The molecule has 1 unspecified atom stereocenters. The Kier molecular flexibility index (Phi) is 6.18. The molecular weight excluding hydrogens is 398 g/mol. The average molecular weight is 430 g/mol. The minimum absolute atomic E-state index is 0.0331. The molecule has 2 fully saturated rings. The molecule has 8 heteroatoms. The van der Waals surface area contributed by atoms with E-state index < -0.39 is 0 Å². The van der Waals surface area contributed by atoms with Crippen molar-refractivity contribution in [3.8, 4) is 11.5 Å². The fraction of sp³-hybridized carbons (Fsp3) is 0.609. The van der Waals surface area contributed by atoms with Gasteiger partial charge < -0.3 is 23.5 Å². The Hall–Kier alpha value is -2.61. The maximum atomic E-state index is 13.2. The van der Waals surface area contributed by atoms with Gasteiger partial charge in [-0.1, -0.05) is 19.9 Å². The first-order chi connectivity index (χ1) is 15.0. The summed E-state index contributed by atoms with van der Waals surface area (Å²) in [5, 5.41) is 8.60. The van der Waals surface area contributed by atoms with Crippen LogP contribution >= 0.6 is 0 Å². The van der Waals surface area contributed by atoms with E-state index >= 15 is 0 Å². The quantitative estimate of drug-likeness (QED) is 0.697. The fourth-order valence-electron chi connectivity index (χ4n) is 4.68. The molecule has 1 atom stereocenters. The van der Waals surface area contributed by atoms with Crippen molar-refractivity contribution in [2.45, 2.75) is 44.9 Å². The van der Waals surface area contributed by atoms with Crippen molar-refractivity contribution in [2.75, 3.05) is 40.5 Å². The maximum absolute atomic E-state index is 13.2. The molecule has 1 aromatic carbocycles. The molecule has 0 saturated carbocycles. The lowest BCUT2D eigenvalue weighted by molar-refractivity contribution is -0.130. The molecule has 168 valence electrons. The Morgan fingerprint density at radius 2 is 1.94 bits per heavy atom. The molecule has 8 nitrogen and oxygen atoms in total. The standard InChI is InChI=1S/C23H31N3O5/c1-15(2)21-24-25-22(31-21)17-13-26(14-23(17)7-9-30-10-8-23)20(27)12-16-5-6-18(28-3)19(11-16)29-4/h5-6,11,15,17H,7-10,12-14H2,1-4H3. The topological polar surface area (TPSA) is 86.9 Å². The highest BCUT2D eigenvalue weighted by molar-refractivity contribution is 5.79. The Bertz CT molecular complexity index is 920. The molecule has 1 aromatic heterocycles. The number of amides is 1. The highest BCUT2D eigenvalue weighted by Gasteiger charge is 2.51. The first-order valence-corrected chi connectivity index (χ1v) is 10.9. The average Bonchev–Trinajstić information content (AvgIpc) is 3.39. The van der Waals surface area contributed by atoms with Gasteiger partial charge in [-0.3, -0.25) is 4.79 Å². The number of hydrogen-bond donors (Lipinski definition) is 0. The Balaban J connectivity index is 1.54. The summed E-state index contributed by atoms with van der Waals surface area (Å²) < 4.78 is 22.3. The van der Waals surface area contributed by atoms with Crippen molar-refractivity contribution in [3.05, 3.63) is 35.5 Å². The molecule has 2 aromatic rings. The number of carbonyl (C=O) groups excluding carboxylic acids is 1. The number of methoxy groups -OCH3 is 2. The zero-order valence-electron chi connectivity index (χ0n) is 18.7. The van der Waals surface area contributed by atoms with E-state index in [0.29, 0.717) is 56.0 Å². The molecule has 2 saturated heterocycles. The van der Waals surface area contributed by atoms with Crippen LogP contribution in [0, 0.1) is 5.41 Å². The third-order valence-corrected chi connectivity index (χ3v) is 6.54. The van der Waals surface area contributed by atoms with Crippen LogP contribution in [0.2, 0.25) is 0 Å². The van der Waals surface area contributed by atoms with Gasteiger partial charge in [-0.05, 0) is 30.5 Å². The van der Waals surface area contributed by atoms with Gasteiger partial charge in [0, 0.05) is 37.6 Å². The summed E-state index contributed by atoms with van der Waals surface area (Å²) in [6.45, 7) is 6.74. The van der Waals surface area contributed by atoms with Gasteiger partial charge in [0.15, 0.2) is 11.5 Å². The molecule has 4 rings (SSSR count). The van der Waals surface area contributed by atoms with E-state index in [4.69, 9.17) is 18.6 Å². The van der Waals surface area contributed by atoms with E-state index in [0.717, 1.165) is 18.4 Å². The molecule has 31 heavy (non-hydrogen) atoms. The van der Waals surface area contributed by atoms with Crippen molar-refractivity contribution in [2.24, 2.45) is 5.41 Å². The molecule has 1 amide bonds. The largest absolute Gasteiger partial charge is 0.493 e. The summed E-state index contributed by atoms with van der Waals surface area (Å²) in [7, 11) is 3.20. The minimum Gasteiger partial charge on any atom is -0.493 e. The van der Waals surface area contributed by atoms with Gasteiger partial charge in [-0.25, -0.2) is 0 Å². The van der Waals surface area contributed by atoms with E-state index in [-0.39, 0.29) is 23.2 Å². The second kappa shape index (κ2) is 8.86. The minimum atomic E-state index is -0.0771. The Morgan fingerprint density at radius 1 is 1.19 bits per heavy atom. The lowest BCUT2D eigenvalue weighted by atomic mass is 9.72. The summed E-state index contributed by atoms with van der Waals surface area (Å²) >= 11 is 0. The summed E-state index contributed by atoms with van der Waals surface area (Å²) in [5.74, 6) is 2.86. The zero-order chi connectivity index (χ0) is 22.0. The smallest absolute Gasteiger partial charge is 0.227 e. The van der Waals surface area contributed by atoms with E-state index in [9.17, 15) is 4.79 Å². The van der Waals surface area contributed by atoms with Gasteiger partial charge in [0.1, 0.15) is 0 Å². The molecule has 0 aliphatic carbocycles. The zero-order valence-corrected chi connectivity index (χ0v) is 18.7. The van der Waals surface area contributed by atoms with Crippen molar-refractivity contribution < 1.29 is 23.4 Å². The number of likely N-dealkylation sites (tertiary alicyclic amines) is 1. The SMILES string of the molecule is COc1ccc(CC(=O)N2CC(c3nnc(C(C)C)o3)C3(CCOCC3)C2)cc1OC. The van der Waals surface area contributed by atoms with E-state index in [1.807, 2.05) is 36.9 Å². The van der Waals surface area contributed by atoms with E-state index in [1.165, 1.54) is 0 Å². The van der Waals surface area contributed by atoms with Crippen LogP contribution in [-0.4, -0.2) is 61.5 Å². The van der Waals surface area contributed by atoms with Gasteiger partial charge in [-0.2, -0.15) is 0 Å². The van der Waals surface area contributed by atoms with E-state index in [2.05, 4.69) is 10.2 Å². The Morgan fingerprint density at radius 3 is 2.58 bits per heavy atom. The van der Waals surface area contributed by atoms with Gasteiger partial charge >= 0.3 is 0 Å². The number of ether oxygens (including phenoxy) is 3. The number of nitrogens with zero attached hydrogens (tertiary/aromatic N) is 3. The number of benzene rings is 1. The highest BCUT2D eigenvalue weighted by atomic mass is 16.5. The fourth-order valence-corrected chi connectivity index (χ4v) is 4.68. The first-order valence-electron chi connectivity index (χ1n) is 10.9. The van der Waals surface area contributed by atoms with Gasteiger partial charge in [0.05, 0.1) is 26.6 Å². The molecule has 0 N–H and O–H groups in total. The predicted molar refractivity (Wildman–Crippen MR) is 113 cm³/mol. The molecular formula is C23H31N3O5. The maximum Gasteiger partial charge on any atom is 0.227 e. The van der Waals surface area contributed by atoms with Gasteiger partial charge in [-0.15, -0.1) is 10.2 Å². The van der Waals surface area contributed by atoms with Gasteiger partial charge in [0.2, 0.25) is 17.7 Å². The normalized spacial score (nSPS) is 20.4. The van der Waals surface area contributed by atoms with Crippen LogP contribution in [0.1, 0.15) is 55.9 Å². The van der Waals surface area contributed by atoms with Crippen molar-refractivity contribution in [1.29, 1.82) is 0 Å². The van der Waals surface area contributed by atoms with Gasteiger partial charge in [0.25, 0.3) is 0 Å². The van der Waals surface area contributed by atoms with Crippen LogP contribution in [0.4, 0.5) is 0 Å². The molecule has 0 radical (unpaired) electrons. The number of aromatic nitrogens is 2. The summed E-state index contributed by atoms with van der Waals surface area (Å²) in [6, 6.07) is 5.60. The van der Waals surface area contributed by atoms with Crippen LogP contribution in [0.25, 0.3) is 0 Å². The van der Waals surface area contributed by atoms with Crippen LogP contribution in [0.15, 0.2) is 22.6 Å². The number of carbonyl (C=O) groups is 1. The van der Waals surface area contributed by atoms with Crippen LogP contribution in [0.3, 0.4) is 0 Å². The second-order valence-electron chi connectivity index (χ2n) is 8.80. The predicted octanol–water partition coefficient (Wildman–Crippen LogP) is 3.18. The van der Waals surface area contributed by atoms with E-state index in [1.54, 1.807) is 14.2 Å². The molecule has 2 aliphatic rings. The third kappa shape index (κ3) is 4.26. The molecule has 3 heterocycles.